The zero-order valence-electron chi connectivity index (χ0n) is 8.11. The van der Waals surface area contributed by atoms with Gasteiger partial charge in [0.25, 0.3) is 0 Å². The van der Waals surface area contributed by atoms with Gasteiger partial charge >= 0.3 is 0 Å². The Morgan fingerprint density at radius 3 is 3.07 bits per heavy atom. The number of ether oxygens (including phenoxy) is 1. The molecule has 0 aromatic carbocycles. The van der Waals surface area contributed by atoms with Crippen molar-refractivity contribution in [1.82, 2.24) is 4.98 Å². The van der Waals surface area contributed by atoms with E-state index < -0.39 is 0 Å². The first-order valence-electron chi connectivity index (χ1n) is 4.77. The molecule has 1 fully saturated rings. The number of nitrogens with zero attached hydrogens (tertiary/aromatic N) is 2. The van der Waals surface area contributed by atoms with E-state index >= 15 is 0 Å². The molecule has 1 aromatic heterocycles. The number of hydrogen-bond donors (Lipinski definition) is 0. The molecule has 0 spiro atoms. The minimum absolute atomic E-state index is 0.381. The number of pyridine rings is 1. The quantitative estimate of drug-likeness (QED) is 0.717. The summed E-state index contributed by atoms with van der Waals surface area (Å²) < 4.78 is 5.47. The van der Waals surface area contributed by atoms with E-state index in [0.717, 1.165) is 25.4 Å². The number of halogens is 1. The second-order valence-electron chi connectivity index (χ2n) is 3.32. The Kier molecular flexibility index (Phi) is 2.89. The van der Waals surface area contributed by atoms with E-state index in [4.69, 9.17) is 16.3 Å². The molecule has 0 bridgehead atoms. The Balaban J connectivity index is 1.93. The molecule has 0 N–H and O–H groups in total. The van der Waals surface area contributed by atoms with E-state index in [9.17, 15) is 0 Å². The summed E-state index contributed by atoms with van der Waals surface area (Å²) >= 11 is 5.80. The van der Waals surface area contributed by atoms with Gasteiger partial charge in [-0.25, -0.2) is 4.98 Å². The Morgan fingerprint density at radius 1 is 1.64 bits per heavy atom. The zero-order valence-corrected chi connectivity index (χ0v) is 8.87. The second kappa shape index (κ2) is 4.15. The minimum Gasteiger partial charge on any atom is -0.375 e. The lowest BCUT2D eigenvalue weighted by atomic mass is 10.1. The Labute approximate surface area is 88.6 Å². The first-order chi connectivity index (χ1) is 6.79. The van der Waals surface area contributed by atoms with Crippen molar-refractivity contribution in [2.45, 2.75) is 13.0 Å². The predicted octanol–water partition coefficient (Wildman–Crippen LogP) is 1.96. The van der Waals surface area contributed by atoms with E-state index in [1.807, 2.05) is 19.1 Å². The van der Waals surface area contributed by atoms with Gasteiger partial charge in [0.05, 0.1) is 6.10 Å². The summed E-state index contributed by atoms with van der Waals surface area (Å²) in [5.74, 6) is 0. The van der Waals surface area contributed by atoms with Crippen LogP contribution in [0.25, 0.3) is 0 Å². The van der Waals surface area contributed by atoms with Crippen molar-refractivity contribution in [3.8, 4) is 0 Å². The van der Waals surface area contributed by atoms with Crippen LogP contribution >= 0.6 is 11.6 Å². The molecule has 2 heterocycles. The van der Waals surface area contributed by atoms with E-state index in [1.165, 1.54) is 0 Å². The third kappa shape index (κ3) is 1.99. The van der Waals surface area contributed by atoms with Crippen LogP contribution < -0.4 is 4.90 Å². The lowest BCUT2D eigenvalue weighted by molar-refractivity contribution is 0.0431. The van der Waals surface area contributed by atoms with Gasteiger partial charge in [0, 0.05) is 31.6 Å². The van der Waals surface area contributed by atoms with Crippen LogP contribution in [0.15, 0.2) is 18.3 Å². The SMILES string of the molecule is CCOC1CN(c2ccnc(Cl)c2)C1. The molecular formula is C10H13ClN2O. The van der Waals surface area contributed by atoms with Crippen LogP contribution in [0, 0.1) is 0 Å². The van der Waals surface area contributed by atoms with Crippen molar-refractivity contribution in [3.63, 3.8) is 0 Å². The summed E-state index contributed by atoms with van der Waals surface area (Å²) in [5.41, 5.74) is 1.13. The summed E-state index contributed by atoms with van der Waals surface area (Å²) in [6, 6.07) is 3.85. The van der Waals surface area contributed by atoms with Crippen molar-refractivity contribution < 1.29 is 4.74 Å². The van der Waals surface area contributed by atoms with E-state index in [2.05, 4.69) is 9.88 Å². The molecule has 1 saturated heterocycles. The van der Waals surface area contributed by atoms with Crippen molar-refractivity contribution in [2.75, 3.05) is 24.6 Å². The fourth-order valence-electron chi connectivity index (χ4n) is 1.58. The highest BCUT2D eigenvalue weighted by atomic mass is 35.5. The Hall–Kier alpha value is -0.800. The first kappa shape index (κ1) is 9.74. The number of anilines is 1. The van der Waals surface area contributed by atoms with Crippen LogP contribution in [-0.4, -0.2) is 30.8 Å². The van der Waals surface area contributed by atoms with Gasteiger partial charge in [-0.05, 0) is 19.1 Å². The van der Waals surface area contributed by atoms with Gasteiger partial charge < -0.3 is 9.64 Å². The largest absolute Gasteiger partial charge is 0.375 e. The lowest BCUT2D eigenvalue weighted by Gasteiger charge is -2.40. The summed E-state index contributed by atoms with van der Waals surface area (Å²) in [6.07, 6.45) is 2.11. The fraction of sp³-hybridized carbons (Fsp3) is 0.500. The van der Waals surface area contributed by atoms with Crippen LogP contribution in [0.3, 0.4) is 0 Å². The highest BCUT2D eigenvalue weighted by Crippen LogP contribution is 2.23. The van der Waals surface area contributed by atoms with Gasteiger partial charge in [0.15, 0.2) is 0 Å². The van der Waals surface area contributed by atoms with E-state index in [-0.39, 0.29) is 0 Å². The Morgan fingerprint density at radius 2 is 2.43 bits per heavy atom. The molecule has 0 unspecified atom stereocenters. The fourth-order valence-corrected chi connectivity index (χ4v) is 1.75. The summed E-state index contributed by atoms with van der Waals surface area (Å²) in [7, 11) is 0. The van der Waals surface area contributed by atoms with Crippen LogP contribution in [0.1, 0.15) is 6.92 Å². The summed E-state index contributed by atoms with van der Waals surface area (Å²) in [4.78, 5) is 6.17. The molecule has 3 nitrogen and oxygen atoms in total. The summed E-state index contributed by atoms with van der Waals surface area (Å²) in [5, 5.41) is 0.544. The molecule has 2 rings (SSSR count). The number of hydrogen-bond acceptors (Lipinski definition) is 3. The van der Waals surface area contributed by atoms with Crippen LogP contribution in [-0.2, 0) is 4.74 Å². The average Bonchev–Trinajstić information content (AvgIpc) is 2.10. The third-order valence-corrected chi connectivity index (χ3v) is 2.53. The smallest absolute Gasteiger partial charge is 0.131 e. The maximum Gasteiger partial charge on any atom is 0.131 e. The Bertz CT molecular complexity index is 313. The lowest BCUT2D eigenvalue weighted by Crippen LogP contribution is -2.52. The molecule has 0 amide bonds. The standard InChI is InChI=1S/C10H13ClN2O/c1-2-14-9-6-13(7-9)8-3-4-12-10(11)5-8/h3-5,9H,2,6-7H2,1H3. The molecular weight excluding hydrogens is 200 g/mol. The maximum atomic E-state index is 5.80. The molecule has 0 atom stereocenters. The molecule has 76 valence electrons. The molecule has 0 saturated carbocycles. The highest BCUT2D eigenvalue weighted by Gasteiger charge is 2.27. The minimum atomic E-state index is 0.381. The molecule has 4 heteroatoms. The van der Waals surface area contributed by atoms with Gasteiger partial charge in [0.1, 0.15) is 5.15 Å². The number of rotatable bonds is 3. The second-order valence-corrected chi connectivity index (χ2v) is 3.71. The topological polar surface area (TPSA) is 25.4 Å². The summed E-state index contributed by atoms with van der Waals surface area (Å²) in [6.45, 7) is 4.71. The molecule has 1 aliphatic rings. The van der Waals surface area contributed by atoms with E-state index in [1.54, 1.807) is 6.20 Å². The molecule has 1 aliphatic heterocycles. The van der Waals surface area contributed by atoms with Gasteiger partial charge in [-0.15, -0.1) is 0 Å². The van der Waals surface area contributed by atoms with Gasteiger partial charge in [-0.2, -0.15) is 0 Å². The monoisotopic (exact) mass is 212 g/mol. The third-order valence-electron chi connectivity index (χ3n) is 2.33. The number of aromatic nitrogens is 1. The normalized spacial score (nSPS) is 16.9. The molecule has 1 aromatic rings. The van der Waals surface area contributed by atoms with Gasteiger partial charge in [-0.1, -0.05) is 11.6 Å². The van der Waals surface area contributed by atoms with Crippen LogP contribution in [0.4, 0.5) is 5.69 Å². The van der Waals surface area contributed by atoms with Crippen LogP contribution in [0.5, 0.6) is 0 Å². The molecule has 0 radical (unpaired) electrons. The van der Waals surface area contributed by atoms with Crippen molar-refractivity contribution in [1.29, 1.82) is 0 Å². The van der Waals surface area contributed by atoms with Crippen molar-refractivity contribution in [2.24, 2.45) is 0 Å². The zero-order chi connectivity index (χ0) is 9.97. The highest BCUT2D eigenvalue weighted by molar-refractivity contribution is 6.29. The van der Waals surface area contributed by atoms with Crippen molar-refractivity contribution in [3.05, 3.63) is 23.5 Å². The predicted molar refractivity (Wildman–Crippen MR) is 56.9 cm³/mol. The maximum absolute atomic E-state index is 5.80. The van der Waals surface area contributed by atoms with Gasteiger partial charge in [-0.3, -0.25) is 0 Å². The van der Waals surface area contributed by atoms with Crippen LogP contribution in [0.2, 0.25) is 5.15 Å². The van der Waals surface area contributed by atoms with Gasteiger partial charge in [0.2, 0.25) is 0 Å². The molecule has 14 heavy (non-hydrogen) atoms. The average molecular weight is 213 g/mol. The molecule has 0 aliphatic carbocycles. The van der Waals surface area contributed by atoms with Crippen molar-refractivity contribution >= 4 is 17.3 Å². The van der Waals surface area contributed by atoms with E-state index in [0.29, 0.717) is 11.3 Å². The first-order valence-corrected chi connectivity index (χ1v) is 5.15.